The van der Waals surface area contributed by atoms with Gasteiger partial charge in [0.05, 0.1) is 11.0 Å². The zero-order valence-electron chi connectivity index (χ0n) is 30.4. The highest BCUT2D eigenvalue weighted by Crippen LogP contribution is 2.40. The largest absolute Gasteiger partial charge is 0.456 e. The van der Waals surface area contributed by atoms with Crippen molar-refractivity contribution in [2.75, 3.05) is 0 Å². The summed E-state index contributed by atoms with van der Waals surface area (Å²) in [6.45, 7) is 0. The molecular weight excluding hydrogens is 701 g/mol. The molecule has 12 aromatic rings. The van der Waals surface area contributed by atoms with Gasteiger partial charge in [-0.3, -0.25) is 0 Å². The molecule has 0 saturated heterocycles. The van der Waals surface area contributed by atoms with Crippen LogP contribution in [-0.2, 0) is 0 Å². The van der Waals surface area contributed by atoms with Gasteiger partial charge in [-0.25, -0.2) is 15.0 Å². The van der Waals surface area contributed by atoms with Crippen LogP contribution < -0.4 is 0 Å². The molecule has 4 aromatic heterocycles. The summed E-state index contributed by atoms with van der Waals surface area (Å²) in [6.07, 6.45) is 0. The molecule has 0 bridgehead atoms. The molecule has 0 radical (unpaired) electrons. The first kappa shape index (κ1) is 31.5. The first-order valence-electron chi connectivity index (χ1n) is 19.0. The second-order valence-corrected chi connectivity index (χ2v) is 14.4. The lowest BCUT2D eigenvalue weighted by molar-refractivity contribution is 0.668. The van der Waals surface area contributed by atoms with E-state index in [0.29, 0.717) is 17.5 Å². The summed E-state index contributed by atoms with van der Waals surface area (Å²) in [5.41, 5.74) is 11.6. The van der Waals surface area contributed by atoms with Crippen LogP contribution in [0.15, 0.2) is 191 Å². The molecule has 0 unspecified atom stereocenters. The van der Waals surface area contributed by atoms with E-state index in [1.54, 1.807) is 0 Å². The fraction of sp³-hybridized carbons (Fsp3) is 0. The summed E-state index contributed by atoms with van der Waals surface area (Å²) < 4.78 is 15.1. The third-order valence-electron chi connectivity index (χ3n) is 11.1. The van der Waals surface area contributed by atoms with Crippen molar-refractivity contribution in [3.63, 3.8) is 0 Å². The van der Waals surface area contributed by atoms with E-state index in [2.05, 4.69) is 114 Å². The van der Waals surface area contributed by atoms with E-state index in [1.165, 1.54) is 21.9 Å². The molecule has 0 aliphatic rings. The smallest absolute Gasteiger partial charge is 0.164 e. The number of para-hydroxylation sites is 2. The van der Waals surface area contributed by atoms with E-state index in [9.17, 15) is 0 Å². The van der Waals surface area contributed by atoms with Gasteiger partial charge >= 0.3 is 0 Å². The highest BCUT2D eigenvalue weighted by Gasteiger charge is 2.20. The molecule has 0 N–H and O–H groups in total. The van der Waals surface area contributed by atoms with E-state index >= 15 is 0 Å². The van der Waals surface area contributed by atoms with E-state index in [0.717, 1.165) is 77.3 Å². The Morgan fingerprint density at radius 3 is 1.77 bits per heavy atom. The predicted octanol–water partition coefficient (Wildman–Crippen LogP) is 13.4. The lowest BCUT2D eigenvalue weighted by atomic mass is 10.0. The minimum Gasteiger partial charge on any atom is -0.456 e. The number of benzene rings is 8. The molecule has 0 aliphatic heterocycles. The summed E-state index contributed by atoms with van der Waals surface area (Å²) in [5.74, 6) is 1.75. The SMILES string of the molecule is c1ccc(-c2ccc3c4ccccc4n(-c4ccc5oc6ccc(-c7nc(-c8ccccc8)nc(-c8cccc9oc%10ccccc%10c89)n7)cc6c5c4)c3c2)cc1. The number of hydrogen-bond donors (Lipinski definition) is 0. The van der Waals surface area contributed by atoms with Crippen molar-refractivity contribution in [2.24, 2.45) is 0 Å². The Morgan fingerprint density at radius 1 is 0.333 bits per heavy atom. The van der Waals surface area contributed by atoms with Crippen LogP contribution in [-0.4, -0.2) is 19.5 Å². The molecule has 12 rings (SSSR count). The lowest BCUT2D eigenvalue weighted by Crippen LogP contribution is -2.00. The summed E-state index contributed by atoms with van der Waals surface area (Å²) >= 11 is 0. The maximum absolute atomic E-state index is 6.46. The summed E-state index contributed by atoms with van der Waals surface area (Å²) in [4.78, 5) is 15.3. The fourth-order valence-corrected chi connectivity index (χ4v) is 8.41. The van der Waals surface area contributed by atoms with Crippen molar-refractivity contribution in [1.29, 1.82) is 0 Å². The van der Waals surface area contributed by atoms with Crippen LogP contribution in [0.25, 0.3) is 117 Å². The molecule has 4 heterocycles. The Kier molecular flexibility index (Phi) is 6.83. The number of aromatic nitrogens is 4. The minimum atomic E-state index is 0.576. The number of hydrogen-bond acceptors (Lipinski definition) is 5. The second kappa shape index (κ2) is 12.3. The number of furan rings is 2. The monoisotopic (exact) mass is 730 g/mol. The quantitative estimate of drug-likeness (QED) is 0.176. The third kappa shape index (κ3) is 5.01. The number of rotatable bonds is 5. The van der Waals surface area contributed by atoms with Crippen molar-refractivity contribution in [1.82, 2.24) is 19.5 Å². The first-order chi connectivity index (χ1) is 28.2. The van der Waals surface area contributed by atoms with Gasteiger partial charge in [0.15, 0.2) is 17.5 Å². The van der Waals surface area contributed by atoms with Crippen LogP contribution in [0.1, 0.15) is 0 Å². The van der Waals surface area contributed by atoms with Crippen molar-refractivity contribution in [3.05, 3.63) is 182 Å². The van der Waals surface area contributed by atoms with Crippen LogP contribution in [0.5, 0.6) is 0 Å². The van der Waals surface area contributed by atoms with Gasteiger partial charge in [-0.05, 0) is 71.8 Å². The van der Waals surface area contributed by atoms with Crippen molar-refractivity contribution < 1.29 is 8.83 Å². The van der Waals surface area contributed by atoms with Gasteiger partial charge in [-0.15, -0.1) is 0 Å². The van der Waals surface area contributed by atoms with E-state index in [1.807, 2.05) is 72.8 Å². The zero-order valence-corrected chi connectivity index (χ0v) is 30.4. The maximum Gasteiger partial charge on any atom is 0.164 e. The summed E-state index contributed by atoms with van der Waals surface area (Å²) in [7, 11) is 0. The van der Waals surface area contributed by atoms with Crippen molar-refractivity contribution in [3.8, 4) is 51.0 Å². The van der Waals surface area contributed by atoms with E-state index in [-0.39, 0.29) is 0 Å². The molecule has 0 saturated carbocycles. The topological polar surface area (TPSA) is 69.9 Å². The van der Waals surface area contributed by atoms with Gasteiger partial charge in [-0.2, -0.15) is 0 Å². The van der Waals surface area contributed by atoms with Gasteiger partial charge in [0.1, 0.15) is 22.3 Å². The number of fused-ring (bicyclic) bond motifs is 9. The van der Waals surface area contributed by atoms with Crippen LogP contribution in [0, 0.1) is 0 Å². The normalized spacial score (nSPS) is 11.9. The Balaban J connectivity index is 1.05. The molecule has 6 nitrogen and oxygen atoms in total. The van der Waals surface area contributed by atoms with Gasteiger partial charge < -0.3 is 13.4 Å². The molecule has 6 heteroatoms. The molecule has 57 heavy (non-hydrogen) atoms. The first-order valence-corrected chi connectivity index (χ1v) is 19.0. The standard InChI is InChI=1S/C51H30N4O2/c1-3-12-31(13-4-1)33-22-25-37-36-16-7-9-19-42(36)55(43(37)29-33)35-24-27-46-41(30-35)40-28-34(23-26-45(40)56-46)50-52-49(32-14-5-2-6-15-32)53-51(54-50)39-18-11-21-47-48(39)38-17-8-10-20-44(38)57-47/h1-30H. The van der Waals surface area contributed by atoms with Gasteiger partial charge in [0.2, 0.25) is 0 Å². The summed E-state index contributed by atoms with van der Waals surface area (Å²) in [5, 5.41) is 6.43. The van der Waals surface area contributed by atoms with Crippen LogP contribution in [0.2, 0.25) is 0 Å². The van der Waals surface area contributed by atoms with Gasteiger partial charge in [0.25, 0.3) is 0 Å². The molecule has 0 fully saturated rings. The molecule has 8 aromatic carbocycles. The summed E-state index contributed by atoms with van der Waals surface area (Å²) in [6, 6.07) is 62.8. The van der Waals surface area contributed by atoms with Gasteiger partial charge in [0, 0.05) is 54.7 Å². The Morgan fingerprint density at radius 2 is 0.930 bits per heavy atom. The number of nitrogens with zero attached hydrogens (tertiary/aromatic N) is 4. The molecule has 0 amide bonds. The van der Waals surface area contributed by atoms with Crippen molar-refractivity contribution in [2.45, 2.75) is 0 Å². The minimum absolute atomic E-state index is 0.576. The molecule has 0 atom stereocenters. The predicted molar refractivity (Wildman–Crippen MR) is 230 cm³/mol. The average Bonchev–Trinajstić information content (AvgIpc) is 3.95. The van der Waals surface area contributed by atoms with Gasteiger partial charge in [-0.1, -0.05) is 121 Å². The Bertz CT molecular complexity index is 3530. The molecule has 0 aliphatic carbocycles. The third-order valence-corrected chi connectivity index (χ3v) is 11.1. The fourth-order valence-electron chi connectivity index (χ4n) is 8.41. The Labute approximate surface area is 325 Å². The second-order valence-electron chi connectivity index (χ2n) is 14.4. The Hall–Kier alpha value is -7.83. The van der Waals surface area contributed by atoms with Crippen LogP contribution in [0.4, 0.5) is 0 Å². The van der Waals surface area contributed by atoms with E-state index < -0.39 is 0 Å². The lowest BCUT2D eigenvalue weighted by Gasteiger charge is -2.10. The molecular formula is C51H30N4O2. The highest BCUT2D eigenvalue weighted by molar-refractivity contribution is 6.13. The average molecular weight is 731 g/mol. The van der Waals surface area contributed by atoms with E-state index in [4.69, 9.17) is 23.8 Å². The molecule has 0 spiro atoms. The maximum atomic E-state index is 6.46. The van der Waals surface area contributed by atoms with Crippen LogP contribution in [0.3, 0.4) is 0 Å². The van der Waals surface area contributed by atoms with Crippen molar-refractivity contribution >= 4 is 65.7 Å². The highest BCUT2D eigenvalue weighted by atomic mass is 16.3. The van der Waals surface area contributed by atoms with Crippen LogP contribution >= 0.6 is 0 Å². The zero-order chi connectivity index (χ0) is 37.5. The molecule has 266 valence electrons.